The molecule has 17 heavy (non-hydrogen) atoms. The largest absolute Gasteiger partial charge is 0 e. The summed E-state index contributed by atoms with van der Waals surface area (Å²) in [5.41, 5.74) is -0.535. The molecule has 0 saturated carbocycles. The van der Waals surface area contributed by atoms with Crippen LogP contribution in [0.5, 0.6) is 0 Å². The number of hydrogen-bond acceptors (Lipinski definition) is 0. The average molecular weight is 316 g/mol. The molecule has 0 saturated heterocycles. The van der Waals surface area contributed by atoms with Gasteiger partial charge in [-0.1, -0.05) is 0 Å². The Hall–Kier alpha value is -0.698. The van der Waals surface area contributed by atoms with Gasteiger partial charge in [-0.05, 0) is 11.6 Å². The summed E-state index contributed by atoms with van der Waals surface area (Å²) >= 11 is 10.3. The van der Waals surface area contributed by atoms with Crippen molar-refractivity contribution in [3.63, 3.8) is 0 Å². The second-order valence-corrected chi connectivity index (χ2v) is 1.53. The molecule has 0 aliphatic heterocycles. The summed E-state index contributed by atoms with van der Waals surface area (Å²) in [6.07, 6.45) is 0. The maximum absolute atomic E-state index is 7.50. The fraction of sp³-hybridized carbons (Fsp3) is 0.250. The standard InChI is InChI=1S/C3H3Cl2N.5CO.Cr/c1-6-3(5)2-4;5*1-2;/h3H,2H2;;;;;;. The molecule has 0 aromatic rings. The molecule has 0 fully saturated rings. The second kappa shape index (κ2) is 169. The van der Waals surface area contributed by atoms with Crippen molar-refractivity contribution in [2.75, 3.05) is 5.88 Å². The van der Waals surface area contributed by atoms with Gasteiger partial charge in [-0.3, -0.25) is 4.85 Å². The molecule has 0 aliphatic carbocycles. The van der Waals surface area contributed by atoms with Crippen LogP contribution in [0.15, 0.2) is 0 Å². The van der Waals surface area contributed by atoms with Gasteiger partial charge in [0.1, 0.15) is 5.88 Å². The van der Waals surface area contributed by atoms with E-state index < -0.39 is 5.50 Å². The third-order valence-electron chi connectivity index (χ3n) is 0.267. The van der Waals surface area contributed by atoms with Crippen molar-refractivity contribution in [2.24, 2.45) is 0 Å². The van der Waals surface area contributed by atoms with Crippen molar-refractivity contribution in [2.45, 2.75) is 5.50 Å². The third kappa shape index (κ3) is 248. The van der Waals surface area contributed by atoms with Crippen LogP contribution in [0, 0.1) is 39.8 Å². The monoisotopic (exact) mass is 315 g/mol. The van der Waals surface area contributed by atoms with Gasteiger partial charge < -0.3 is 0 Å². The summed E-state index contributed by atoms with van der Waals surface area (Å²) in [6.45, 7) is 28.7. The molecule has 0 aromatic carbocycles. The van der Waals surface area contributed by atoms with Crippen LogP contribution < -0.4 is 0 Å². The molecule has 1 unspecified atom stereocenters. The molecular weight excluding hydrogens is 313 g/mol. The van der Waals surface area contributed by atoms with Gasteiger partial charge in [0.2, 0.25) is 0 Å². The zero-order chi connectivity index (χ0) is 15.0. The first kappa shape index (κ1) is 44.1. The van der Waals surface area contributed by atoms with Gasteiger partial charge >= 0.3 is 62.0 Å². The SMILES string of the molecule is [C-]#[N+]C(Cl)CCl.[C-]#[O+].[C-]#[O+].[C-]#[O+].[C-]#[O+].[C-]#[O+].[Cr]. The number of halogens is 2. The Morgan fingerprint density at radius 1 is 0.824 bits per heavy atom. The van der Waals surface area contributed by atoms with E-state index in [0.717, 1.165) is 0 Å². The van der Waals surface area contributed by atoms with E-state index in [9.17, 15) is 0 Å². The fourth-order valence-electron chi connectivity index (χ4n) is 0.0345. The van der Waals surface area contributed by atoms with Gasteiger partial charge in [-0.15, -0.1) is 11.6 Å². The van der Waals surface area contributed by atoms with E-state index >= 15 is 0 Å². The van der Waals surface area contributed by atoms with Gasteiger partial charge in [-0.25, -0.2) is 6.57 Å². The van der Waals surface area contributed by atoms with E-state index in [2.05, 4.69) is 38.1 Å². The van der Waals surface area contributed by atoms with Crippen LogP contribution >= 0.6 is 23.2 Å². The molecule has 1 atom stereocenters. The normalized spacial score (nSPS) is 5.12. The minimum atomic E-state index is -0.535. The molecule has 90 valence electrons. The molecule has 0 aliphatic rings. The molecule has 0 aromatic heterocycles. The predicted octanol–water partition coefficient (Wildman–Crippen LogP) is 1.52. The maximum atomic E-state index is 7.50. The summed E-state index contributed by atoms with van der Waals surface area (Å²) in [5, 5.41) is 0. The summed E-state index contributed by atoms with van der Waals surface area (Å²) < 4.78 is 37.5. The van der Waals surface area contributed by atoms with Crippen molar-refractivity contribution in [3.05, 3.63) is 44.7 Å². The fourth-order valence-corrected chi connectivity index (χ4v) is 0.104. The van der Waals surface area contributed by atoms with E-state index in [-0.39, 0.29) is 23.2 Å². The van der Waals surface area contributed by atoms with Crippen molar-refractivity contribution in [3.8, 4) is 0 Å². The zero-order valence-electron chi connectivity index (χ0n) is 7.94. The Morgan fingerprint density at radius 3 is 1.00 bits per heavy atom. The number of hydrogen-bond donors (Lipinski definition) is 0. The average Bonchev–Trinajstić information content (AvgIpc) is 2.48. The molecule has 0 radical (unpaired) electrons. The second-order valence-electron chi connectivity index (χ2n) is 0.718. The summed E-state index contributed by atoms with van der Waals surface area (Å²) in [7, 11) is 0. The van der Waals surface area contributed by atoms with Crippen LogP contribution in [-0.2, 0) is 40.6 Å². The zero-order valence-corrected chi connectivity index (χ0v) is 10.7. The number of alkyl halides is 2. The molecule has 0 N–H and O–H groups in total. The minimum absolute atomic E-state index is 0. The van der Waals surface area contributed by atoms with Crippen LogP contribution in [0.25, 0.3) is 4.85 Å². The maximum Gasteiger partial charge on any atom is 0 e. The molecule has 0 rings (SSSR count). The van der Waals surface area contributed by atoms with Gasteiger partial charge in [0.25, 0.3) is 0 Å². The Balaban J connectivity index is -0.0000000158. The molecule has 0 bridgehead atoms. The van der Waals surface area contributed by atoms with E-state index in [1.165, 1.54) is 0 Å². The van der Waals surface area contributed by atoms with Crippen LogP contribution in [0.4, 0.5) is 0 Å². The minimum Gasteiger partial charge on any atom is 0 e. The van der Waals surface area contributed by atoms with E-state index in [1.54, 1.807) is 0 Å². The Bertz CT molecular complexity index is 196. The molecule has 0 amide bonds. The summed E-state index contributed by atoms with van der Waals surface area (Å²) in [4.78, 5) is 2.89. The van der Waals surface area contributed by atoms with Crippen LogP contribution in [0.2, 0.25) is 0 Å². The first-order chi connectivity index (χ1) is 7.81. The van der Waals surface area contributed by atoms with Crippen molar-refractivity contribution < 1.29 is 40.6 Å². The molecule has 6 nitrogen and oxygen atoms in total. The summed E-state index contributed by atoms with van der Waals surface area (Å²) in [5.74, 6) is 0.213. The summed E-state index contributed by atoms with van der Waals surface area (Å²) in [6, 6.07) is 0. The van der Waals surface area contributed by atoms with E-state index in [4.69, 9.17) is 53.0 Å². The van der Waals surface area contributed by atoms with Gasteiger partial charge in [0.05, 0.1) is 0 Å². The third-order valence-corrected chi connectivity index (χ3v) is 0.970. The van der Waals surface area contributed by atoms with Gasteiger partial charge in [0.15, 0.2) is 0 Å². The molecular formula is C8H3Cl2CrNO5. The predicted molar refractivity (Wildman–Crippen MR) is 46.6 cm³/mol. The Morgan fingerprint density at radius 2 is 1.00 bits per heavy atom. The van der Waals surface area contributed by atoms with Gasteiger partial charge in [-0.2, -0.15) is 0 Å². The number of nitrogens with zero attached hydrogens (tertiary/aromatic N) is 1. The van der Waals surface area contributed by atoms with Crippen LogP contribution in [0.1, 0.15) is 0 Å². The molecule has 9 heteroatoms. The van der Waals surface area contributed by atoms with E-state index in [1.807, 2.05) is 0 Å². The first-order valence-electron chi connectivity index (χ1n) is 2.40. The van der Waals surface area contributed by atoms with Crippen molar-refractivity contribution >= 4 is 23.2 Å². The van der Waals surface area contributed by atoms with Crippen molar-refractivity contribution in [1.29, 1.82) is 0 Å². The van der Waals surface area contributed by atoms with Crippen LogP contribution in [-0.4, -0.2) is 11.4 Å². The van der Waals surface area contributed by atoms with E-state index in [0.29, 0.717) is 0 Å². The smallest absolute Gasteiger partial charge is 0 e. The quantitative estimate of drug-likeness (QED) is 0.303. The molecule has 0 heterocycles. The van der Waals surface area contributed by atoms with Gasteiger partial charge in [0, 0.05) is 17.4 Å². The number of rotatable bonds is 1. The first-order valence-corrected chi connectivity index (χ1v) is 3.37. The van der Waals surface area contributed by atoms with Crippen molar-refractivity contribution in [1.82, 2.24) is 0 Å². The topological polar surface area (TPSA) is 104 Å². The molecule has 0 spiro atoms. The Kier molecular flexibility index (Phi) is 439. The van der Waals surface area contributed by atoms with Crippen LogP contribution in [0.3, 0.4) is 0 Å². The Labute approximate surface area is 120 Å².